The Morgan fingerprint density at radius 3 is 2.43 bits per heavy atom. The Balaban J connectivity index is 2.57. The standard InChI is InChI=1S/C14H19F2N3OSi/c1-14(20,11-6-5-10(15)7-12(11)16)13(21(2,3)4)19-9-17-8-18-19/h5-9,13,20H,1-4H3. The predicted molar refractivity (Wildman–Crippen MR) is 78.3 cm³/mol. The van der Waals surface area contributed by atoms with Crippen molar-refractivity contribution in [2.45, 2.75) is 37.8 Å². The number of halogens is 2. The molecular weight excluding hydrogens is 292 g/mol. The number of aromatic nitrogens is 3. The summed E-state index contributed by atoms with van der Waals surface area (Å²) in [5.74, 6) is -1.43. The minimum absolute atomic E-state index is 0.0619. The van der Waals surface area contributed by atoms with E-state index in [1.807, 2.05) is 0 Å². The van der Waals surface area contributed by atoms with Crippen molar-refractivity contribution in [3.8, 4) is 0 Å². The molecule has 0 fully saturated rings. The molecule has 1 aromatic carbocycles. The third kappa shape index (κ3) is 3.03. The predicted octanol–water partition coefficient (Wildman–Crippen LogP) is 2.88. The van der Waals surface area contributed by atoms with E-state index in [2.05, 4.69) is 29.7 Å². The topological polar surface area (TPSA) is 50.9 Å². The second kappa shape index (κ2) is 5.30. The fourth-order valence-electron chi connectivity index (χ4n) is 2.90. The third-order valence-electron chi connectivity index (χ3n) is 3.53. The van der Waals surface area contributed by atoms with Gasteiger partial charge in [-0.15, -0.1) is 0 Å². The van der Waals surface area contributed by atoms with Crippen molar-refractivity contribution in [2.75, 3.05) is 0 Å². The Morgan fingerprint density at radius 2 is 1.95 bits per heavy atom. The maximum Gasteiger partial charge on any atom is 0.137 e. The molecule has 0 spiro atoms. The van der Waals surface area contributed by atoms with Gasteiger partial charge in [0.2, 0.25) is 0 Å². The molecule has 2 unspecified atom stereocenters. The molecule has 0 aliphatic heterocycles. The van der Waals surface area contributed by atoms with Crippen molar-refractivity contribution < 1.29 is 13.9 Å². The molecule has 1 N–H and O–H groups in total. The number of benzene rings is 1. The van der Waals surface area contributed by atoms with Crippen LogP contribution in [0.15, 0.2) is 30.9 Å². The monoisotopic (exact) mass is 311 g/mol. The van der Waals surface area contributed by atoms with Crippen LogP contribution >= 0.6 is 0 Å². The number of hydrogen-bond donors (Lipinski definition) is 1. The summed E-state index contributed by atoms with van der Waals surface area (Å²) in [5, 5.41) is 15.1. The van der Waals surface area contributed by atoms with Crippen LogP contribution in [-0.2, 0) is 5.60 Å². The Morgan fingerprint density at radius 1 is 1.29 bits per heavy atom. The van der Waals surface area contributed by atoms with Crippen LogP contribution in [-0.4, -0.2) is 27.9 Å². The summed E-state index contributed by atoms with van der Waals surface area (Å²) >= 11 is 0. The van der Waals surface area contributed by atoms with E-state index >= 15 is 0 Å². The second-order valence-electron chi connectivity index (χ2n) is 6.42. The van der Waals surface area contributed by atoms with Gasteiger partial charge in [-0.3, -0.25) is 0 Å². The van der Waals surface area contributed by atoms with Crippen molar-refractivity contribution in [2.24, 2.45) is 0 Å². The van der Waals surface area contributed by atoms with E-state index in [0.717, 1.165) is 12.1 Å². The van der Waals surface area contributed by atoms with E-state index in [1.54, 1.807) is 4.68 Å². The third-order valence-corrected chi connectivity index (χ3v) is 6.00. The molecule has 0 saturated carbocycles. The molecule has 0 aliphatic rings. The van der Waals surface area contributed by atoms with Crippen LogP contribution < -0.4 is 0 Å². The first-order chi connectivity index (χ1) is 9.64. The zero-order valence-corrected chi connectivity index (χ0v) is 13.5. The summed E-state index contributed by atoms with van der Waals surface area (Å²) in [5.41, 5.74) is -1.89. The van der Waals surface area contributed by atoms with Gasteiger partial charge in [0.15, 0.2) is 0 Å². The van der Waals surface area contributed by atoms with Gasteiger partial charge in [0, 0.05) is 11.6 Å². The largest absolute Gasteiger partial charge is 0.383 e. The van der Waals surface area contributed by atoms with Crippen LogP contribution in [0.5, 0.6) is 0 Å². The fourth-order valence-corrected chi connectivity index (χ4v) is 5.66. The van der Waals surface area contributed by atoms with Crippen molar-refractivity contribution in [1.29, 1.82) is 0 Å². The summed E-state index contributed by atoms with van der Waals surface area (Å²) in [6.45, 7) is 7.69. The molecule has 21 heavy (non-hydrogen) atoms. The van der Waals surface area contributed by atoms with Crippen LogP contribution in [0.4, 0.5) is 8.78 Å². The van der Waals surface area contributed by atoms with E-state index < -0.39 is 31.0 Å². The van der Waals surface area contributed by atoms with E-state index in [0.29, 0.717) is 0 Å². The van der Waals surface area contributed by atoms with E-state index in [-0.39, 0.29) is 5.56 Å². The Hall–Kier alpha value is -1.60. The summed E-state index contributed by atoms with van der Waals surface area (Å²) in [7, 11) is -2.00. The molecule has 7 heteroatoms. The minimum atomic E-state index is -2.00. The highest BCUT2D eigenvalue weighted by molar-refractivity contribution is 6.77. The Kier molecular flexibility index (Phi) is 3.99. The van der Waals surface area contributed by atoms with Crippen LogP contribution in [0.1, 0.15) is 18.2 Å². The second-order valence-corrected chi connectivity index (χ2v) is 11.7. The zero-order chi connectivity index (χ0) is 15.8. The van der Waals surface area contributed by atoms with Crippen molar-refractivity contribution >= 4 is 8.07 Å². The lowest BCUT2D eigenvalue weighted by molar-refractivity contribution is 0.0195. The summed E-state index contributed by atoms with van der Waals surface area (Å²) in [6.07, 6.45) is 2.89. The maximum absolute atomic E-state index is 14.1. The zero-order valence-electron chi connectivity index (χ0n) is 12.5. The van der Waals surface area contributed by atoms with Gasteiger partial charge >= 0.3 is 0 Å². The van der Waals surface area contributed by atoms with Gasteiger partial charge in [-0.25, -0.2) is 18.4 Å². The van der Waals surface area contributed by atoms with Gasteiger partial charge in [-0.1, -0.05) is 25.7 Å². The lowest BCUT2D eigenvalue weighted by Crippen LogP contribution is -2.48. The number of hydrogen-bond acceptors (Lipinski definition) is 3. The van der Waals surface area contributed by atoms with E-state index in [9.17, 15) is 13.9 Å². The molecule has 1 aromatic heterocycles. The first-order valence-corrected chi connectivity index (χ1v) is 10.2. The van der Waals surface area contributed by atoms with E-state index in [4.69, 9.17) is 0 Å². The molecule has 0 saturated heterocycles. The first-order valence-electron chi connectivity index (χ1n) is 6.66. The molecule has 2 rings (SSSR count). The molecule has 2 atom stereocenters. The molecule has 2 aromatic rings. The lowest BCUT2D eigenvalue weighted by atomic mass is 9.95. The highest BCUT2D eigenvalue weighted by Gasteiger charge is 2.45. The van der Waals surface area contributed by atoms with Crippen molar-refractivity contribution in [3.63, 3.8) is 0 Å². The lowest BCUT2D eigenvalue weighted by Gasteiger charge is -2.40. The molecule has 114 valence electrons. The summed E-state index contributed by atoms with van der Waals surface area (Å²) < 4.78 is 28.8. The highest BCUT2D eigenvalue weighted by atomic mass is 28.3. The average Bonchev–Trinajstić information content (AvgIpc) is 2.79. The Labute approximate surface area is 123 Å². The molecule has 0 aliphatic carbocycles. The van der Waals surface area contributed by atoms with Crippen LogP contribution in [0.2, 0.25) is 19.6 Å². The average molecular weight is 311 g/mol. The van der Waals surface area contributed by atoms with Crippen LogP contribution in [0, 0.1) is 11.6 Å². The molecule has 1 heterocycles. The van der Waals surface area contributed by atoms with Gasteiger partial charge in [0.25, 0.3) is 0 Å². The number of aliphatic hydroxyl groups is 1. The van der Waals surface area contributed by atoms with Gasteiger partial charge in [0.05, 0.1) is 13.7 Å². The SMILES string of the molecule is CC(O)(c1ccc(F)cc1F)C(n1cncn1)[Si](C)(C)C. The number of nitrogens with zero attached hydrogens (tertiary/aromatic N) is 3. The van der Waals surface area contributed by atoms with E-state index in [1.165, 1.54) is 25.6 Å². The smallest absolute Gasteiger partial charge is 0.137 e. The first kappa shape index (κ1) is 15.8. The van der Waals surface area contributed by atoms with Crippen LogP contribution in [0.3, 0.4) is 0 Å². The fraction of sp³-hybridized carbons (Fsp3) is 0.429. The highest BCUT2D eigenvalue weighted by Crippen LogP contribution is 2.39. The van der Waals surface area contributed by atoms with Gasteiger partial charge < -0.3 is 5.11 Å². The van der Waals surface area contributed by atoms with Gasteiger partial charge in [-0.05, 0) is 13.0 Å². The molecule has 4 nitrogen and oxygen atoms in total. The molecular formula is C14H19F2N3OSi. The summed E-state index contributed by atoms with van der Waals surface area (Å²) in [6, 6.07) is 3.22. The summed E-state index contributed by atoms with van der Waals surface area (Å²) in [4.78, 5) is 3.91. The normalized spacial score (nSPS) is 16.5. The van der Waals surface area contributed by atoms with Gasteiger partial charge in [0.1, 0.15) is 29.9 Å². The quantitative estimate of drug-likeness (QED) is 0.883. The number of rotatable bonds is 4. The minimum Gasteiger partial charge on any atom is -0.383 e. The molecule has 0 bridgehead atoms. The maximum atomic E-state index is 14.1. The van der Waals surface area contributed by atoms with Crippen molar-refractivity contribution in [1.82, 2.24) is 14.8 Å². The Bertz CT molecular complexity index is 624. The van der Waals surface area contributed by atoms with Crippen LogP contribution in [0.25, 0.3) is 0 Å². The molecule has 0 radical (unpaired) electrons. The molecule has 0 amide bonds. The van der Waals surface area contributed by atoms with Gasteiger partial charge in [-0.2, -0.15) is 5.10 Å². The van der Waals surface area contributed by atoms with Crippen molar-refractivity contribution in [3.05, 3.63) is 48.1 Å².